The standard InChI is InChI=1S/C16H15N5O3/c1-23-14-4-2-3-5-15(14)24-10-16(22)18-12-6-8-13(9-7-12)21-11-17-19-20-21/h2-9,11H,10H2,1H3,(H,18,22). The number of benzene rings is 2. The number of methoxy groups -OCH3 is 1. The molecule has 122 valence electrons. The van der Waals surface area contributed by atoms with Gasteiger partial charge in [-0.25, -0.2) is 4.68 Å². The molecule has 0 aliphatic rings. The Bertz CT molecular complexity index is 803. The number of nitrogens with one attached hydrogen (secondary N) is 1. The molecule has 0 spiro atoms. The largest absolute Gasteiger partial charge is 0.493 e. The third-order valence-electron chi connectivity index (χ3n) is 3.19. The van der Waals surface area contributed by atoms with E-state index in [4.69, 9.17) is 9.47 Å². The number of carbonyl (C=O) groups is 1. The number of para-hydroxylation sites is 2. The molecule has 8 heteroatoms. The molecule has 1 N–H and O–H groups in total. The van der Waals surface area contributed by atoms with Gasteiger partial charge in [-0.2, -0.15) is 0 Å². The summed E-state index contributed by atoms with van der Waals surface area (Å²) < 4.78 is 12.2. The quantitative estimate of drug-likeness (QED) is 0.741. The number of amides is 1. The van der Waals surface area contributed by atoms with Gasteiger partial charge in [0.05, 0.1) is 12.8 Å². The summed E-state index contributed by atoms with van der Waals surface area (Å²) in [5.74, 6) is 0.830. The Kier molecular flexibility index (Phi) is 4.66. The Morgan fingerprint density at radius 1 is 1.12 bits per heavy atom. The number of aromatic nitrogens is 4. The molecule has 0 radical (unpaired) electrons. The van der Waals surface area contributed by atoms with Gasteiger partial charge in [0.15, 0.2) is 18.1 Å². The minimum atomic E-state index is -0.268. The summed E-state index contributed by atoms with van der Waals surface area (Å²) in [6.45, 7) is -0.116. The lowest BCUT2D eigenvalue weighted by molar-refractivity contribution is -0.118. The lowest BCUT2D eigenvalue weighted by Crippen LogP contribution is -2.20. The first-order valence-corrected chi connectivity index (χ1v) is 7.15. The Morgan fingerprint density at radius 3 is 2.54 bits per heavy atom. The smallest absolute Gasteiger partial charge is 0.262 e. The van der Waals surface area contributed by atoms with Crippen molar-refractivity contribution in [3.63, 3.8) is 0 Å². The third-order valence-corrected chi connectivity index (χ3v) is 3.19. The van der Waals surface area contributed by atoms with Crippen molar-refractivity contribution in [1.82, 2.24) is 20.2 Å². The second-order valence-electron chi connectivity index (χ2n) is 4.79. The molecule has 8 nitrogen and oxygen atoms in total. The van der Waals surface area contributed by atoms with Crippen LogP contribution in [0.5, 0.6) is 11.5 Å². The Labute approximate surface area is 138 Å². The van der Waals surface area contributed by atoms with E-state index in [0.717, 1.165) is 5.69 Å². The van der Waals surface area contributed by atoms with Crippen molar-refractivity contribution < 1.29 is 14.3 Å². The number of tetrazole rings is 1. The van der Waals surface area contributed by atoms with E-state index in [2.05, 4.69) is 20.8 Å². The highest BCUT2D eigenvalue weighted by atomic mass is 16.5. The summed E-state index contributed by atoms with van der Waals surface area (Å²) in [7, 11) is 1.55. The van der Waals surface area contributed by atoms with Crippen molar-refractivity contribution >= 4 is 11.6 Å². The van der Waals surface area contributed by atoms with E-state index < -0.39 is 0 Å². The van der Waals surface area contributed by atoms with Crippen LogP contribution < -0.4 is 14.8 Å². The molecule has 0 fully saturated rings. The normalized spacial score (nSPS) is 10.2. The van der Waals surface area contributed by atoms with Crippen LogP contribution in [-0.4, -0.2) is 39.8 Å². The molecule has 1 aromatic heterocycles. The van der Waals surface area contributed by atoms with E-state index in [1.807, 2.05) is 12.1 Å². The topological polar surface area (TPSA) is 91.2 Å². The van der Waals surface area contributed by atoms with Gasteiger partial charge in [0.2, 0.25) is 0 Å². The molecular weight excluding hydrogens is 310 g/mol. The SMILES string of the molecule is COc1ccccc1OCC(=O)Nc1ccc(-n2cnnn2)cc1. The zero-order valence-corrected chi connectivity index (χ0v) is 12.9. The number of rotatable bonds is 6. The summed E-state index contributed by atoms with van der Waals surface area (Å²) in [5, 5.41) is 13.7. The van der Waals surface area contributed by atoms with E-state index in [9.17, 15) is 4.79 Å². The van der Waals surface area contributed by atoms with Crippen molar-refractivity contribution in [2.24, 2.45) is 0 Å². The molecule has 3 rings (SSSR count). The first-order valence-electron chi connectivity index (χ1n) is 7.15. The number of hydrogen-bond acceptors (Lipinski definition) is 6. The van der Waals surface area contributed by atoms with Crippen molar-refractivity contribution in [3.05, 3.63) is 54.9 Å². The van der Waals surface area contributed by atoms with Crippen LogP contribution >= 0.6 is 0 Å². The third kappa shape index (κ3) is 3.67. The van der Waals surface area contributed by atoms with Crippen LogP contribution in [0.4, 0.5) is 5.69 Å². The predicted molar refractivity (Wildman–Crippen MR) is 86.3 cm³/mol. The maximum absolute atomic E-state index is 12.0. The molecule has 0 saturated carbocycles. The van der Waals surface area contributed by atoms with Gasteiger partial charge >= 0.3 is 0 Å². The minimum absolute atomic E-state index is 0.116. The molecule has 0 aliphatic carbocycles. The van der Waals surface area contributed by atoms with Crippen LogP contribution in [0.2, 0.25) is 0 Å². The highest BCUT2D eigenvalue weighted by molar-refractivity contribution is 5.92. The minimum Gasteiger partial charge on any atom is -0.493 e. The summed E-state index contributed by atoms with van der Waals surface area (Å²) in [6, 6.07) is 14.3. The second-order valence-corrected chi connectivity index (χ2v) is 4.79. The molecule has 1 amide bonds. The van der Waals surface area contributed by atoms with Crippen molar-refractivity contribution in [3.8, 4) is 17.2 Å². The molecule has 24 heavy (non-hydrogen) atoms. The lowest BCUT2D eigenvalue weighted by Gasteiger charge is -2.10. The van der Waals surface area contributed by atoms with Gasteiger partial charge in [-0.05, 0) is 46.8 Å². The number of carbonyl (C=O) groups excluding carboxylic acids is 1. The van der Waals surface area contributed by atoms with Crippen LogP contribution in [0.3, 0.4) is 0 Å². The van der Waals surface area contributed by atoms with Gasteiger partial charge in [-0.3, -0.25) is 4.79 Å². The molecule has 2 aromatic carbocycles. The fraction of sp³-hybridized carbons (Fsp3) is 0.125. The average molecular weight is 325 g/mol. The number of hydrogen-bond donors (Lipinski definition) is 1. The summed E-state index contributed by atoms with van der Waals surface area (Å²) in [5.41, 5.74) is 1.45. The maximum atomic E-state index is 12.0. The van der Waals surface area contributed by atoms with Crippen LogP contribution in [0.25, 0.3) is 5.69 Å². The first-order chi connectivity index (χ1) is 11.8. The first kappa shape index (κ1) is 15.5. The zero-order chi connectivity index (χ0) is 16.8. The van der Waals surface area contributed by atoms with Crippen LogP contribution in [0, 0.1) is 0 Å². The van der Waals surface area contributed by atoms with Gasteiger partial charge in [-0.1, -0.05) is 12.1 Å². The molecular formula is C16H15N5O3. The van der Waals surface area contributed by atoms with Gasteiger partial charge < -0.3 is 14.8 Å². The average Bonchev–Trinajstić information content (AvgIpc) is 3.15. The van der Waals surface area contributed by atoms with E-state index in [-0.39, 0.29) is 12.5 Å². The van der Waals surface area contributed by atoms with Crippen LogP contribution in [0.1, 0.15) is 0 Å². The summed E-state index contributed by atoms with van der Waals surface area (Å²) in [6.07, 6.45) is 1.49. The lowest BCUT2D eigenvalue weighted by atomic mass is 10.3. The van der Waals surface area contributed by atoms with Gasteiger partial charge in [-0.15, -0.1) is 5.10 Å². The molecule has 0 unspecified atom stereocenters. The fourth-order valence-corrected chi connectivity index (χ4v) is 2.06. The number of anilines is 1. The fourth-order valence-electron chi connectivity index (χ4n) is 2.06. The van der Waals surface area contributed by atoms with Crippen LogP contribution in [0.15, 0.2) is 54.9 Å². The van der Waals surface area contributed by atoms with Gasteiger partial charge in [0, 0.05) is 5.69 Å². The molecule has 1 heterocycles. The monoisotopic (exact) mass is 325 g/mol. The summed E-state index contributed by atoms with van der Waals surface area (Å²) >= 11 is 0. The van der Waals surface area contributed by atoms with E-state index in [1.165, 1.54) is 11.0 Å². The molecule has 0 atom stereocenters. The van der Waals surface area contributed by atoms with E-state index in [0.29, 0.717) is 17.2 Å². The Hall–Kier alpha value is -3.42. The molecule has 3 aromatic rings. The van der Waals surface area contributed by atoms with E-state index >= 15 is 0 Å². The van der Waals surface area contributed by atoms with Crippen molar-refractivity contribution in [2.45, 2.75) is 0 Å². The van der Waals surface area contributed by atoms with Crippen molar-refractivity contribution in [2.75, 3.05) is 19.0 Å². The Morgan fingerprint density at radius 2 is 1.88 bits per heavy atom. The van der Waals surface area contributed by atoms with Gasteiger partial charge in [0.25, 0.3) is 5.91 Å². The Balaban J connectivity index is 1.57. The van der Waals surface area contributed by atoms with Crippen molar-refractivity contribution in [1.29, 1.82) is 0 Å². The van der Waals surface area contributed by atoms with Gasteiger partial charge in [0.1, 0.15) is 6.33 Å². The van der Waals surface area contributed by atoms with E-state index in [1.54, 1.807) is 43.5 Å². The van der Waals surface area contributed by atoms with Crippen LogP contribution in [-0.2, 0) is 4.79 Å². The maximum Gasteiger partial charge on any atom is 0.262 e. The zero-order valence-electron chi connectivity index (χ0n) is 12.9. The second kappa shape index (κ2) is 7.23. The predicted octanol–water partition coefficient (Wildman–Crippen LogP) is 1.69. The molecule has 0 bridgehead atoms. The number of nitrogens with zero attached hydrogens (tertiary/aromatic N) is 4. The highest BCUT2D eigenvalue weighted by Crippen LogP contribution is 2.25. The highest BCUT2D eigenvalue weighted by Gasteiger charge is 2.07. The molecule has 0 aliphatic heterocycles. The number of ether oxygens (including phenoxy) is 2. The summed E-state index contributed by atoms with van der Waals surface area (Å²) in [4.78, 5) is 12.0. The molecule has 0 saturated heterocycles.